The summed E-state index contributed by atoms with van der Waals surface area (Å²) >= 11 is 1.52. The fourth-order valence-electron chi connectivity index (χ4n) is 4.27. The lowest BCUT2D eigenvalue weighted by Gasteiger charge is -2.37. The molecule has 2 aromatic carbocycles. The number of amides is 1. The maximum absolute atomic E-state index is 12.7. The fraction of sp³-hybridized carbons (Fsp3) is 0.273. The Morgan fingerprint density at radius 2 is 1.89 bits per heavy atom. The zero-order chi connectivity index (χ0) is 19.3. The zero-order valence-electron chi connectivity index (χ0n) is 15.8. The number of nitrogens with zero attached hydrogens (tertiary/aromatic N) is 2. The molecule has 1 aliphatic carbocycles. The Kier molecular flexibility index (Phi) is 4.16. The number of hydrogen-bond donors (Lipinski definition) is 0. The minimum atomic E-state index is -0.154. The molecule has 0 N–H and O–H groups in total. The number of benzene rings is 2. The van der Waals surface area contributed by atoms with Crippen LogP contribution in [-0.4, -0.2) is 35.9 Å². The lowest BCUT2D eigenvalue weighted by molar-refractivity contribution is -0.125. The third-order valence-corrected chi connectivity index (χ3v) is 6.50. The highest BCUT2D eigenvalue weighted by Crippen LogP contribution is 2.48. The summed E-state index contributed by atoms with van der Waals surface area (Å²) < 4.78 is 10.9. The summed E-state index contributed by atoms with van der Waals surface area (Å²) in [7, 11) is 3.26. The fourth-order valence-corrected chi connectivity index (χ4v) is 5.16. The Labute approximate surface area is 168 Å². The second-order valence-electron chi connectivity index (χ2n) is 6.99. The van der Waals surface area contributed by atoms with E-state index >= 15 is 0 Å². The lowest BCUT2D eigenvalue weighted by atomic mass is 9.82. The first-order valence-corrected chi connectivity index (χ1v) is 10.3. The van der Waals surface area contributed by atoms with E-state index in [9.17, 15) is 4.79 Å². The van der Waals surface area contributed by atoms with Crippen molar-refractivity contribution in [2.75, 3.05) is 20.0 Å². The van der Waals surface area contributed by atoms with Crippen LogP contribution in [0.25, 0.3) is 5.70 Å². The van der Waals surface area contributed by atoms with Crippen LogP contribution in [0.15, 0.2) is 53.0 Å². The number of methoxy groups -OCH3 is 2. The Morgan fingerprint density at radius 1 is 1.07 bits per heavy atom. The molecule has 0 bridgehead atoms. The molecule has 1 amide bonds. The van der Waals surface area contributed by atoms with Crippen LogP contribution in [0.4, 0.5) is 0 Å². The Hall–Kier alpha value is -2.73. The number of aryl methyl sites for hydroxylation is 1. The van der Waals surface area contributed by atoms with Gasteiger partial charge in [-0.15, -0.1) is 0 Å². The molecule has 5 rings (SSSR count). The van der Waals surface area contributed by atoms with Crippen LogP contribution in [0.5, 0.6) is 11.5 Å². The SMILES string of the molecule is COc1ccc([C@@H]2C3=C(N=C4SCC(=O)N42)c2ccccc2CC3)cc1OC. The minimum Gasteiger partial charge on any atom is -0.493 e. The van der Waals surface area contributed by atoms with Gasteiger partial charge < -0.3 is 9.47 Å². The van der Waals surface area contributed by atoms with Gasteiger partial charge in [0.1, 0.15) is 0 Å². The molecule has 1 saturated heterocycles. The van der Waals surface area contributed by atoms with Crippen molar-refractivity contribution in [3.05, 3.63) is 64.7 Å². The number of hydrogen-bond acceptors (Lipinski definition) is 5. The Balaban J connectivity index is 1.70. The van der Waals surface area contributed by atoms with Crippen LogP contribution >= 0.6 is 11.8 Å². The van der Waals surface area contributed by atoms with Gasteiger partial charge in [-0.2, -0.15) is 0 Å². The third kappa shape index (κ3) is 2.55. The number of fused-ring (bicyclic) bond motifs is 3. The number of carbonyl (C=O) groups is 1. The largest absolute Gasteiger partial charge is 0.493 e. The number of ether oxygens (including phenoxy) is 2. The van der Waals surface area contributed by atoms with Crippen LogP contribution in [0, 0.1) is 0 Å². The molecule has 1 fully saturated rings. The summed E-state index contributed by atoms with van der Waals surface area (Å²) in [6.45, 7) is 0. The van der Waals surface area contributed by atoms with Crippen molar-refractivity contribution < 1.29 is 14.3 Å². The van der Waals surface area contributed by atoms with E-state index in [0.29, 0.717) is 17.3 Å². The molecule has 28 heavy (non-hydrogen) atoms. The van der Waals surface area contributed by atoms with Gasteiger partial charge in [0.15, 0.2) is 16.7 Å². The number of rotatable bonds is 3. The number of carbonyl (C=O) groups excluding carboxylic acids is 1. The van der Waals surface area contributed by atoms with Gasteiger partial charge >= 0.3 is 0 Å². The van der Waals surface area contributed by atoms with Gasteiger partial charge in [0.05, 0.1) is 31.7 Å². The molecule has 5 nitrogen and oxygen atoms in total. The maximum atomic E-state index is 12.7. The van der Waals surface area contributed by atoms with Gasteiger partial charge in [0, 0.05) is 5.56 Å². The molecule has 0 saturated carbocycles. The number of aliphatic imine (C=N–C) groups is 1. The van der Waals surface area contributed by atoms with E-state index in [1.54, 1.807) is 14.2 Å². The topological polar surface area (TPSA) is 51.1 Å². The van der Waals surface area contributed by atoms with Crippen molar-refractivity contribution in [2.45, 2.75) is 18.9 Å². The normalized spacial score (nSPS) is 20.4. The summed E-state index contributed by atoms with van der Waals surface area (Å²) in [5.74, 6) is 1.89. The highest BCUT2D eigenvalue weighted by Gasteiger charge is 2.42. The first-order valence-electron chi connectivity index (χ1n) is 9.28. The molecule has 142 valence electrons. The van der Waals surface area contributed by atoms with Crippen LogP contribution < -0.4 is 9.47 Å². The van der Waals surface area contributed by atoms with E-state index in [-0.39, 0.29) is 11.9 Å². The van der Waals surface area contributed by atoms with E-state index in [1.165, 1.54) is 28.5 Å². The second-order valence-corrected chi connectivity index (χ2v) is 7.94. The third-order valence-electron chi connectivity index (χ3n) is 5.56. The van der Waals surface area contributed by atoms with Crippen LogP contribution in [0.1, 0.15) is 29.2 Å². The average Bonchev–Trinajstić information content (AvgIpc) is 3.12. The molecule has 0 aromatic heterocycles. The second kappa shape index (κ2) is 6.71. The average molecular weight is 392 g/mol. The predicted molar refractivity (Wildman–Crippen MR) is 111 cm³/mol. The summed E-state index contributed by atoms with van der Waals surface area (Å²) in [4.78, 5) is 19.5. The van der Waals surface area contributed by atoms with Crippen molar-refractivity contribution in [3.8, 4) is 11.5 Å². The predicted octanol–water partition coefficient (Wildman–Crippen LogP) is 4.05. The van der Waals surface area contributed by atoms with E-state index in [2.05, 4.69) is 24.3 Å². The molecule has 1 atom stereocenters. The van der Waals surface area contributed by atoms with Crippen molar-refractivity contribution in [1.82, 2.24) is 4.90 Å². The summed E-state index contributed by atoms with van der Waals surface area (Å²) in [5, 5.41) is 0.792. The Bertz CT molecular complexity index is 1040. The van der Waals surface area contributed by atoms with Crippen LogP contribution in [0.2, 0.25) is 0 Å². The maximum Gasteiger partial charge on any atom is 0.239 e. The van der Waals surface area contributed by atoms with Crippen LogP contribution in [0.3, 0.4) is 0 Å². The standard InChI is InChI=1S/C22H20N2O3S/c1-26-17-10-8-14(11-18(17)27-2)21-16-9-7-13-5-3-4-6-15(13)20(16)23-22-24(21)19(25)12-28-22/h3-6,8,10-11,21H,7,9,12H2,1-2H3/t21-/m1/s1. The molecule has 2 aromatic rings. The van der Waals surface area contributed by atoms with Gasteiger partial charge in [-0.3, -0.25) is 9.69 Å². The van der Waals surface area contributed by atoms with Gasteiger partial charge in [0.25, 0.3) is 0 Å². The molecule has 3 aliphatic rings. The van der Waals surface area contributed by atoms with E-state index < -0.39 is 0 Å². The molecular formula is C22H20N2O3S. The van der Waals surface area contributed by atoms with Crippen molar-refractivity contribution in [1.29, 1.82) is 0 Å². The highest BCUT2D eigenvalue weighted by atomic mass is 32.2. The van der Waals surface area contributed by atoms with Crippen molar-refractivity contribution in [3.63, 3.8) is 0 Å². The van der Waals surface area contributed by atoms with E-state index in [0.717, 1.165) is 29.3 Å². The monoisotopic (exact) mass is 392 g/mol. The Morgan fingerprint density at radius 3 is 2.71 bits per heavy atom. The van der Waals surface area contributed by atoms with E-state index in [1.807, 2.05) is 23.1 Å². The lowest BCUT2D eigenvalue weighted by Crippen LogP contribution is -2.38. The van der Waals surface area contributed by atoms with E-state index in [4.69, 9.17) is 14.5 Å². The quantitative estimate of drug-likeness (QED) is 0.791. The highest BCUT2D eigenvalue weighted by molar-refractivity contribution is 8.15. The molecule has 6 heteroatoms. The van der Waals surface area contributed by atoms with Gasteiger partial charge in [-0.1, -0.05) is 42.1 Å². The minimum absolute atomic E-state index is 0.106. The molecular weight excluding hydrogens is 372 g/mol. The molecule has 2 aliphatic heterocycles. The molecule has 0 unspecified atom stereocenters. The molecule has 2 heterocycles. The van der Waals surface area contributed by atoms with Gasteiger partial charge in [0.2, 0.25) is 5.91 Å². The summed E-state index contributed by atoms with van der Waals surface area (Å²) in [5.41, 5.74) is 5.74. The van der Waals surface area contributed by atoms with Crippen LogP contribution in [-0.2, 0) is 11.2 Å². The number of thioether (sulfide) groups is 1. The summed E-state index contributed by atoms with van der Waals surface area (Å²) in [6, 6.07) is 14.2. The van der Waals surface area contributed by atoms with Gasteiger partial charge in [-0.25, -0.2) is 4.99 Å². The van der Waals surface area contributed by atoms with Crippen molar-refractivity contribution in [2.24, 2.45) is 4.99 Å². The first-order chi connectivity index (χ1) is 13.7. The number of amidine groups is 1. The van der Waals surface area contributed by atoms with Gasteiger partial charge in [-0.05, 0) is 41.7 Å². The summed E-state index contributed by atoms with van der Waals surface area (Å²) in [6.07, 6.45) is 1.84. The zero-order valence-corrected chi connectivity index (χ0v) is 16.6. The molecule has 0 radical (unpaired) electrons. The molecule has 0 spiro atoms. The first kappa shape index (κ1) is 17.4. The smallest absolute Gasteiger partial charge is 0.239 e. The van der Waals surface area contributed by atoms with Crippen molar-refractivity contribution >= 4 is 28.5 Å².